The zero-order valence-electron chi connectivity index (χ0n) is 34.0. The number of aliphatic hydroxyl groups excluding tert-OH is 9. The van der Waals surface area contributed by atoms with E-state index in [4.69, 9.17) is 18.9 Å². The molecule has 0 aromatic carbocycles. The van der Waals surface area contributed by atoms with Crippen LogP contribution in [-0.2, 0) is 18.9 Å². The molecular formula is C42H70O13. The number of hydrogen-bond donors (Lipinski definition) is 9. The van der Waals surface area contributed by atoms with E-state index >= 15 is 0 Å². The molecule has 0 bridgehead atoms. The molecule has 13 nitrogen and oxygen atoms in total. The van der Waals surface area contributed by atoms with Crippen molar-refractivity contribution in [3.8, 4) is 0 Å². The van der Waals surface area contributed by atoms with Gasteiger partial charge < -0.3 is 64.9 Å². The van der Waals surface area contributed by atoms with Gasteiger partial charge in [-0.3, -0.25) is 0 Å². The molecular weight excluding hydrogens is 712 g/mol. The van der Waals surface area contributed by atoms with Crippen LogP contribution in [0.3, 0.4) is 0 Å². The van der Waals surface area contributed by atoms with Crippen molar-refractivity contribution >= 4 is 0 Å². The average molecular weight is 783 g/mol. The largest absolute Gasteiger partial charge is 0.394 e. The van der Waals surface area contributed by atoms with Crippen LogP contribution in [0.4, 0.5) is 0 Å². The lowest BCUT2D eigenvalue weighted by molar-refractivity contribution is -0.383. The molecule has 9 N–H and O–H groups in total. The molecule has 4 aliphatic carbocycles. The normalized spacial score (nSPS) is 52.5. The van der Waals surface area contributed by atoms with Crippen LogP contribution in [0.1, 0.15) is 100 Å². The quantitative estimate of drug-likeness (QED) is 0.121. The first-order chi connectivity index (χ1) is 25.7. The van der Waals surface area contributed by atoms with Gasteiger partial charge in [0, 0.05) is 0 Å². The van der Waals surface area contributed by atoms with E-state index in [-0.39, 0.29) is 34.5 Å². The Morgan fingerprint density at radius 1 is 0.709 bits per heavy atom. The van der Waals surface area contributed by atoms with Crippen LogP contribution in [0, 0.1) is 45.3 Å². The minimum atomic E-state index is -1.79. The highest BCUT2D eigenvalue weighted by molar-refractivity contribution is 5.24. The Morgan fingerprint density at radius 2 is 1.33 bits per heavy atom. The van der Waals surface area contributed by atoms with E-state index < -0.39 is 104 Å². The number of aliphatic hydroxyl groups is 9. The molecule has 2 aliphatic heterocycles. The minimum absolute atomic E-state index is 0.0173. The summed E-state index contributed by atoms with van der Waals surface area (Å²) in [6.07, 6.45) is -7.65. The standard InChI is InChI=1S/C42H70O13/c1-20(2)10-9-11-21(3)22-12-15-41(7)29(22)23(45)16-27-40(6)14-13-28(46)39(4,5)36(40)24(17-42(27,41)8)52-38-35(33(50)31(48)26(19-44)54-38)55-37-34(51)32(49)30(47)25(18-43)53-37/h10-11,22-38,43-51H,9,12-19H2,1-8H3/b21-11+/t22-,23-,24+,25-,26-,27-,28+,29+,30-,31-,32+,33+,34-,35-,36+,37+,38-,40-,41-,42-/m1/s1. The Kier molecular flexibility index (Phi) is 12.6. The summed E-state index contributed by atoms with van der Waals surface area (Å²) in [7, 11) is 0. The highest BCUT2D eigenvalue weighted by Crippen LogP contribution is 2.76. The molecule has 6 fully saturated rings. The average Bonchev–Trinajstić information content (AvgIpc) is 3.50. The lowest BCUT2D eigenvalue weighted by Crippen LogP contribution is -2.71. The lowest BCUT2D eigenvalue weighted by atomic mass is 9.34. The zero-order valence-corrected chi connectivity index (χ0v) is 34.0. The van der Waals surface area contributed by atoms with Gasteiger partial charge in [0.1, 0.15) is 48.8 Å². The highest BCUT2D eigenvalue weighted by Gasteiger charge is 2.73. The second-order valence-corrected chi connectivity index (χ2v) is 19.6. The van der Waals surface area contributed by atoms with E-state index in [2.05, 4.69) is 53.7 Å². The molecule has 20 atom stereocenters. The summed E-state index contributed by atoms with van der Waals surface area (Å²) in [6.45, 7) is 16.1. The summed E-state index contributed by atoms with van der Waals surface area (Å²) in [5.41, 5.74) is 0.870. The summed E-state index contributed by atoms with van der Waals surface area (Å²) in [5.74, 6) is 0.0687. The van der Waals surface area contributed by atoms with Crippen LogP contribution in [0.5, 0.6) is 0 Å². The number of rotatable bonds is 9. The Morgan fingerprint density at radius 3 is 1.95 bits per heavy atom. The maximum absolute atomic E-state index is 12.2. The van der Waals surface area contributed by atoms with Gasteiger partial charge in [-0.1, -0.05) is 57.9 Å². The van der Waals surface area contributed by atoms with Gasteiger partial charge in [-0.25, -0.2) is 0 Å². The number of ether oxygens (including phenoxy) is 4. The van der Waals surface area contributed by atoms with Crippen molar-refractivity contribution < 1.29 is 64.9 Å². The summed E-state index contributed by atoms with van der Waals surface area (Å²) in [4.78, 5) is 0. The highest BCUT2D eigenvalue weighted by atomic mass is 16.8. The van der Waals surface area contributed by atoms with E-state index in [0.717, 1.165) is 19.3 Å². The predicted molar refractivity (Wildman–Crippen MR) is 201 cm³/mol. The summed E-state index contributed by atoms with van der Waals surface area (Å²) < 4.78 is 25.0. The van der Waals surface area contributed by atoms with E-state index in [0.29, 0.717) is 25.7 Å². The number of hydrogen-bond acceptors (Lipinski definition) is 13. The summed E-state index contributed by atoms with van der Waals surface area (Å²) in [6, 6.07) is 0. The van der Waals surface area contributed by atoms with E-state index in [1.165, 1.54) is 11.1 Å². The van der Waals surface area contributed by atoms with Crippen LogP contribution in [0.25, 0.3) is 0 Å². The van der Waals surface area contributed by atoms with Crippen LogP contribution in [0.15, 0.2) is 23.3 Å². The first-order valence-corrected chi connectivity index (χ1v) is 20.6. The first kappa shape index (κ1) is 43.5. The third kappa shape index (κ3) is 7.12. The van der Waals surface area contributed by atoms with Crippen molar-refractivity contribution in [1.82, 2.24) is 0 Å². The van der Waals surface area contributed by atoms with Gasteiger partial charge in [0.05, 0.1) is 31.5 Å². The molecule has 4 saturated carbocycles. The summed E-state index contributed by atoms with van der Waals surface area (Å²) in [5, 5.41) is 98.1. The molecule has 0 aromatic heterocycles. The molecule has 6 rings (SSSR count). The Labute approximate surface area is 326 Å². The number of allylic oxidation sites excluding steroid dienone is 4. The van der Waals surface area contributed by atoms with Gasteiger partial charge in [-0.05, 0) is 111 Å². The first-order valence-electron chi connectivity index (χ1n) is 20.6. The maximum Gasteiger partial charge on any atom is 0.187 e. The molecule has 0 radical (unpaired) electrons. The van der Waals surface area contributed by atoms with Crippen molar-refractivity contribution in [3.05, 3.63) is 23.3 Å². The smallest absolute Gasteiger partial charge is 0.187 e. The molecule has 13 heteroatoms. The second kappa shape index (κ2) is 15.9. The van der Waals surface area contributed by atoms with Crippen LogP contribution < -0.4 is 0 Å². The Hall–Kier alpha value is -1.04. The van der Waals surface area contributed by atoms with Crippen molar-refractivity contribution in [2.45, 2.75) is 180 Å². The monoisotopic (exact) mass is 782 g/mol. The van der Waals surface area contributed by atoms with Gasteiger partial charge in [0.2, 0.25) is 0 Å². The summed E-state index contributed by atoms with van der Waals surface area (Å²) >= 11 is 0. The number of fused-ring (bicyclic) bond motifs is 5. The molecule has 0 amide bonds. The molecule has 0 aromatic rings. The fourth-order valence-electron chi connectivity index (χ4n) is 13.0. The minimum Gasteiger partial charge on any atom is -0.394 e. The van der Waals surface area contributed by atoms with Crippen molar-refractivity contribution in [2.75, 3.05) is 13.2 Å². The van der Waals surface area contributed by atoms with Crippen molar-refractivity contribution in [3.63, 3.8) is 0 Å². The van der Waals surface area contributed by atoms with Crippen LogP contribution in [-0.4, -0.2) is 139 Å². The van der Waals surface area contributed by atoms with Crippen molar-refractivity contribution in [2.24, 2.45) is 45.3 Å². The van der Waals surface area contributed by atoms with Gasteiger partial charge in [-0.2, -0.15) is 0 Å². The maximum atomic E-state index is 12.2. The molecule has 55 heavy (non-hydrogen) atoms. The molecule has 2 saturated heterocycles. The van der Waals surface area contributed by atoms with Crippen molar-refractivity contribution in [1.29, 1.82) is 0 Å². The third-order valence-corrected chi connectivity index (χ3v) is 16.1. The van der Waals surface area contributed by atoms with Gasteiger partial charge in [-0.15, -0.1) is 0 Å². The Balaban J connectivity index is 1.39. The lowest BCUT2D eigenvalue weighted by Gasteiger charge is -2.72. The molecule has 2 heterocycles. The molecule has 6 aliphatic rings. The fraction of sp³-hybridized carbons (Fsp3) is 0.905. The predicted octanol–water partition coefficient (Wildman–Crippen LogP) is 1.93. The zero-order chi connectivity index (χ0) is 40.6. The molecule has 0 spiro atoms. The van der Waals surface area contributed by atoms with Gasteiger partial charge in [0.15, 0.2) is 12.6 Å². The van der Waals surface area contributed by atoms with E-state index in [1.807, 2.05) is 13.8 Å². The SMILES string of the molecule is CC(C)=CC/C=C(\C)[C@H]1CC[C@]2(C)[C@@H]1[C@H](O)C[C@@H]1[C@@]3(C)CC[C@H](O)C(C)(C)[C@@H]3[C@@H](O[C@@H]3O[C@H](CO)[C@@H](O)[C@H](O)[C@H]3O[C@@H]3O[C@H](CO)[C@@H](O)[C@H](O)[C@H]3O)C[C@]12C. The second-order valence-electron chi connectivity index (χ2n) is 19.6. The topological polar surface area (TPSA) is 219 Å². The Bertz CT molecular complexity index is 1420. The van der Waals surface area contributed by atoms with Crippen LogP contribution >= 0.6 is 0 Å². The molecule has 0 unspecified atom stereocenters. The van der Waals surface area contributed by atoms with Gasteiger partial charge in [0.25, 0.3) is 0 Å². The van der Waals surface area contributed by atoms with Gasteiger partial charge >= 0.3 is 0 Å². The van der Waals surface area contributed by atoms with E-state index in [9.17, 15) is 46.0 Å². The van der Waals surface area contributed by atoms with Crippen LogP contribution in [0.2, 0.25) is 0 Å². The third-order valence-electron chi connectivity index (χ3n) is 16.1. The van der Waals surface area contributed by atoms with E-state index in [1.54, 1.807) is 0 Å². The molecule has 316 valence electrons. The fourth-order valence-corrected chi connectivity index (χ4v) is 13.0.